The quantitative estimate of drug-likeness (QED) is 0.443. The third-order valence-electron chi connectivity index (χ3n) is 5.65. The first-order valence-corrected chi connectivity index (χ1v) is 11.1. The Morgan fingerprint density at radius 2 is 2.07 bits per heavy atom. The number of hydrogen-bond donors (Lipinski definition) is 1. The zero-order valence-electron chi connectivity index (χ0n) is 18.6. The average molecular weight is 432 g/mol. The van der Waals surface area contributed by atoms with E-state index >= 15 is 0 Å². The molecule has 1 N–H and O–H groups in total. The molecule has 1 aromatic heterocycles. The highest BCUT2D eigenvalue weighted by molar-refractivity contribution is 5.80. The van der Waals surface area contributed by atoms with Crippen LogP contribution in [-0.4, -0.2) is 66.4 Å². The fourth-order valence-corrected chi connectivity index (χ4v) is 3.98. The van der Waals surface area contributed by atoms with E-state index in [-0.39, 0.29) is 5.92 Å². The van der Waals surface area contributed by atoms with Crippen LogP contribution in [-0.2, 0) is 6.54 Å². The van der Waals surface area contributed by atoms with Gasteiger partial charge < -0.3 is 14.7 Å². The highest BCUT2D eigenvalue weighted by Gasteiger charge is 2.33. The van der Waals surface area contributed by atoms with E-state index in [1.165, 1.54) is 4.90 Å². The van der Waals surface area contributed by atoms with Crippen molar-refractivity contribution in [2.24, 2.45) is 10.9 Å². The summed E-state index contributed by atoms with van der Waals surface area (Å²) in [5.41, 5.74) is 0.973. The predicted molar refractivity (Wildman–Crippen MR) is 112 cm³/mol. The van der Waals surface area contributed by atoms with Crippen LogP contribution in [0.2, 0.25) is 0 Å². The van der Waals surface area contributed by atoms with Gasteiger partial charge in [0.1, 0.15) is 6.54 Å². The molecule has 6 nitrogen and oxygen atoms in total. The Labute approximate surface area is 177 Å². The van der Waals surface area contributed by atoms with Crippen LogP contribution in [0.4, 0.5) is 13.2 Å². The van der Waals surface area contributed by atoms with Crippen LogP contribution < -0.4 is 5.32 Å². The molecule has 1 unspecified atom stereocenters. The van der Waals surface area contributed by atoms with Gasteiger partial charge in [0.15, 0.2) is 11.7 Å². The topological polar surface area (TPSA) is 56.9 Å². The summed E-state index contributed by atoms with van der Waals surface area (Å²) in [5.74, 6) is 2.10. The van der Waals surface area contributed by atoms with E-state index in [4.69, 9.17) is 4.52 Å². The lowest BCUT2D eigenvalue weighted by Gasteiger charge is -2.26. The third-order valence-corrected chi connectivity index (χ3v) is 5.65. The van der Waals surface area contributed by atoms with Crippen molar-refractivity contribution >= 4 is 5.96 Å². The first kappa shape index (κ1) is 24.5. The lowest BCUT2D eigenvalue weighted by atomic mass is 9.99. The maximum atomic E-state index is 12.7. The van der Waals surface area contributed by atoms with E-state index in [0.29, 0.717) is 32.1 Å². The molecule has 172 valence electrons. The lowest BCUT2D eigenvalue weighted by Crippen LogP contribution is -2.41. The summed E-state index contributed by atoms with van der Waals surface area (Å²) in [7, 11) is 0. The highest BCUT2D eigenvalue weighted by atomic mass is 19.4. The van der Waals surface area contributed by atoms with E-state index in [9.17, 15) is 13.2 Å². The molecule has 0 radical (unpaired) electrons. The van der Waals surface area contributed by atoms with Gasteiger partial charge in [0, 0.05) is 38.2 Å². The van der Waals surface area contributed by atoms with Gasteiger partial charge in [0.2, 0.25) is 0 Å². The zero-order valence-corrected chi connectivity index (χ0v) is 18.6. The molecule has 9 heteroatoms. The molecular formula is C21H36F3N5O. The number of aromatic nitrogens is 1. The van der Waals surface area contributed by atoms with Crippen LogP contribution in [0.25, 0.3) is 0 Å². The molecule has 0 bridgehead atoms. The highest BCUT2D eigenvalue weighted by Crippen LogP contribution is 2.23. The molecule has 1 atom stereocenters. The Kier molecular flexibility index (Phi) is 9.45. The first-order valence-electron chi connectivity index (χ1n) is 11.1. The minimum Gasteiger partial charge on any atom is -0.359 e. The van der Waals surface area contributed by atoms with Crippen LogP contribution >= 0.6 is 0 Å². The third kappa shape index (κ3) is 7.49. The SMILES string of the molecule is CCNC(=NCc1cc(C(CC)CC)no1)N1CCC(CN(CC)CC(F)(F)F)C1. The second-order valence-electron chi connectivity index (χ2n) is 7.95. The van der Waals surface area contributed by atoms with E-state index in [1.54, 1.807) is 6.92 Å². The van der Waals surface area contributed by atoms with Crippen molar-refractivity contribution in [1.82, 2.24) is 20.3 Å². The normalized spacial score (nSPS) is 18.1. The van der Waals surface area contributed by atoms with Crippen molar-refractivity contribution in [2.45, 2.75) is 65.6 Å². The van der Waals surface area contributed by atoms with Gasteiger partial charge in [-0.2, -0.15) is 13.2 Å². The molecule has 30 heavy (non-hydrogen) atoms. The van der Waals surface area contributed by atoms with Crippen molar-refractivity contribution in [3.8, 4) is 0 Å². The van der Waals surface area contributed by atoms with Gasteiger partial charge in [-0.15, -0.1) is 0 Å². The Bertz CT molecular complexity index is 657. The number of nitrogens with zero attached hydrogens (tertiary/aromatic N) is 4. The number of nitrogens with one attached hydrogen (secondary N) is 1. The van der Waals surface area contributed by atoms with Gasteiger partial charge in [-0.05, 0) is 38.6 Å². The molecule has 0 saturated carbocycles. The number of hydrogen-bond acceptors (Lipinski definition) is 4. The van der Waals surface area contributed by atoms with E-state index < -0.39 is 12.7 Å². The largest absolute Gasteiger partial charge is 0.401 e. The Balaban J connectivity index is 1.96. The van der Waals surface area contributed by atoms with Crippen molar-refractivity contribution in [2.75, 3.05) is 39.3 Å². The zero-order chi connectivity index (χ0) is 22.1. The molecule has 0 spiro atoms. The van der Waals surface area contributed by atoms with Gasteiger partial charge in [0.05, 0.1) is 12.2 Å². The van der Waals surface area contributed by atoms with Gasteiger partial charge >= 0.3 is 6.18 Å². The van der Waals surface area contributed by atoms with Crippen LogP contribution in [0.5, 0.6) is 0 Å². The van der Waals surface area contributed by atoms with E-state index in [2.05, 4.69) is 34.2 Å². The number of aliphatic imine (C=N–C) groups is 1. The molecule has 2 heterocycles. The second kappa shape index (κ2) is 11.6. The maximum Gasteiger partial charge on any atom is 0.401 e. The van der Waals surface area contributed by atoms with Gasteiger partial charge in [-0.1, -0.05) is 25.9 Å². The van der Waals surface area contributed by atoms with Crippen molar-refractivity contribution < 1.29 is 17.7 Å². The molecular weight excluding hydrogens is 395 g/mol. The minimum atomic E-state index is -4.16. The molecule has 1 fully saturated rings. The van der Waals surface area contributed by atoms with Gasteiger partial charge in [-0.3, -0.25) is 4.90 Å². The molecule has 2 rings (SSSR count). The number of rotatable bonds is 10. The van der Waals surface area contributed by atoms with E-state index in [1.807, 2.05) is 13.0 Å². The molecule has 0 aromatic carbocycles. The monoisotopic (exact) mass is 431 g/mol. The summed E-state index contributed by atoms with van der Waals surface area (Å²) in [5, 5.41) is 7.48. The fraction of sp³-hybridized carbons (Fsp3) is 0.810. The average Bonchev–Trinajstić information content (AvgIpc) is 3.34. The molecule has 1 aliphatic heterocycles. The first-order chi connectivity index (χ1) is 14.3. The van der Waals surface area contributed by atoms with Crippen molar-refractivity contribution in [3.63, 3.8) is 0 Å². The summed E-state index contributed by atoms with van der Waals surface area (Å²) < 4.78 is 43.7. The number of guanidine groups is 1. The Morgan fingerprint density at radius 1 is 1.33 bits per heavy atom. The summed E-state index contributed by atoms with van der Waals surface area (Å²) >= 11 is 0. The smallest absolute Gasteiger partial charge is 0.359 e. The Morgan fingerprint density at radius 3 is 2.67 bits per heavy atom. The standard InChI is InChI=1S/C21H36F3N5O/c1-5-17(6-2)19-11-18(30-27-19)12-26-20(25-7-3)29-10-9-16(14-29)13-28(8-4)15-21(22,23)24/h11,16-17H,5-10,12-15H2,1-4H3,(H,25,26). The fourth-order valence-electron chi connectivity index (χ4n) is 3.98. The number of likely N-dealkylation sites (tertiary alicyclic amines) is 1. The number of alkyl halides is 3. The van der Waals surface area contributed by atoms with Crippen molar-refractivity contribution in [1.29, 1.82) is 0 Å². The van der Waals surface area contributed by atoms with Gasteiger partial charge in [-0.25, -0.2) is 4.99 Å². The lowest BCUT2D eigenvalue weighted by molar-refractivity contribution is -0.146. The molecule has 1 aromatic rings. The molecule has 0 amide bonds. The summed E-state index contributed by atoms with van der Waals surface area (Å²) in [6, 6.07) is 1.98. The van der Waals surface area contributed by atoms with Gasteiger partial charge in [0.25, 0.3) is 0 Å². The predicted octanol–water partition coefficient (Wildman–Crippen LogP) is 4.25. The molecule has 1 saturated heterocycles. The van der Waals surface area contributed by atoms with Crippen LogP contribution in [0.15, 0.2) is 15.6 Å². The molecule has 0 aliphatic carbocycles. The molecule has 1 aliphatic rings. The van der Waals surface area contributed by atoms with Crippen LogP contribution in [0.1, 0.15) is 64.3 Å². The van der Waals surface area contributed by atoms with Crippen LogP contribution in [0.3, 0.4) is 0 Å². The van der Waals surface area contributed by atoms with Crippen molar-refractivity contribution in [3.05, 3.63) is 17.5 Å². The summed E-state index contributed by atoms with van der Waals surface area (Å²) in [6.07, 6.45) is -1.26. The second-order valence-corrected chi connectivity index (χ2v) is 7.95. The summed E-state index contributed by atoms with van der Waals surface area (Å²) in [6.45, 7) is 10.7. The van der Waals surface area contributed by atoms with E-state index in [0.717, 1.165) is 49.8 Å². The maximum absolute atomic E-state index is 12.7. The minimum absolute atomic E-state index is 0.197. The number of halogens is 3. The summed E-state index contributed by atoms with van der Waals surface area (Å²) in [4.78, 5) is 8.30. The Hall–Kier alpha value is -1.77. The van der Waals surface area contributed by atoms with Crippen LogP contribution in [0, 0.1) is 5.92 Å².